The van der Waals surface area contributed by atoms with Gasteiger partial charge in [0.25, 0.3) is 5.91 Å². The fraction of sp³-hybridized carbons (Fsp3) is 0.421. The maximum atomic E-state index is 12.6. The van der Waals surface area contributed by atoms with Crippen LogP contribution >= 0.6 is 0 Å². The zero-order valence-corrected chi connectivity index (χ0v) is 15.4. The summed E-state index contributed by atoms with van der Waals surface area (Å²) in [4.78, 5) is 24.5. The lowest BCUT2D eigenvalue weighted by molar-refractivity contribution is -0.116. The zero-order valence-electron chi connectivity index (χ0n) is 15.4. The van der Waals surface area contributed by atoms with E-state index in [2.05, 4.69) is 15.8 Å². The van der Waals surface area contributed by atoms with Crippen LogP contribution in [0.3, 0.4) is 0 Å². The number of nitrogens with one attached hydrogen (secondary N) is 2. The second kappa shape index (κ2) is 7.96. The van der Waals surface area contributed by atoms with Gasteiger partial charge in [0.15, 0.2) is 0 Å². The van der Waals surface area contributed by atoms with Gasteiger partial charge in [0, 0.05) is 17.8 Å². The molecule has 0 radical (unpaired) electrons. The molecular weight excluding hydrogens is 318 g/mol. The Balaban J connectivity index is 2.19. The van der Waals surface area contributed by atoms with Crippen molar-refractivity contribution in [2.75, 3.05) is 10.6 Å². The van der Waals surface area contributed by atoms with E-state index in [-0.39, 0.29) is 17.7 Å². The quantitative estimate of drug-likeness (QED) is 0.827. The zero-order chi connectivity index (χ0) is 18.6. The highest BCUT2D eigenvalue weighted by atomic mass is 16.5. The van der Waals surface area contributed by atoms with E-state index in [4.69, 9.17) is 4.52 Å². The van der Waals surface area contributed by atoms with Crippen LogP contribution in [-0.4, -0.2) is 17.0 Å². The summed E-state index contributed by atoms with van der Waals surface area (Å²) in [5.74, 6) is 0.477. The molecular formula is C19H25N3O3. The van der Waals surface area contributed by atoms with Crippen LogP contribution < -0.4 is 10.6 Å². The number of benzene rings is 1. The van der Waals surface area contributed by atoms with Gasteiger partial charge in [-0.25, -0.2) is 0 Å². The average Bonchev–Trinajstić information content (AvgIpc) is 2.90. The minimum atomic E-state index is -0.260. The third kappa shape index (κ3) is 4.68. The predicted octanol–water partition coefficient (Wildman–Crippen LogP) is 4.09. The van der Waals surface area contributed by atoms with Crippen molar-refractivity contribution in [3.8, 4) is 0 Å². The number of anilines is 2. The Morgan fingerprint density at radius 3 is 2.56 bits per heavy atom. The molecule has 0 unspecified atom stereocenters. The number of nitrogens with zero attached hydrogens (tertiary/aromatic N) is 1. The molecule has 2 aromatic rings. The molecule has 0 aliphatic carbocycles. The standard InChI is InChI=1S/C19H25N3O3/c1-6-15-18(13(5)25-22-15)19(24)21-16-10-14(8-7-12(16)4)20-17(23)9-11(2)3/h7-8,10-11H,6,9H2,1-5H3,(H,20,23)(H,21,24). The smallest absolute Gasteiger partial charge is 0.261 e. The summed E-state index contributed by atoms with van der Waals surface area (Å²) in [5, 5.41) is 9.67. The Morgan fingerprint density at radius 1 is 1.20 bits per heavy atom. The van der Waals surface area contributed by atoms with Gasteiger partial charge in [-0.15, -0.1) is 0 Å². The molecule has 0 aliphatic rings. The lowest BCUT2D eigenvalue weighted by Gasteiger charge is -2.12. The van der Waals surface area contributed by atoms with E-state index < -0.39 is 0 Å². The number of aryl methyl sites for hydroxylation is 3. The third-order valence-electron chi connectivity index (χ3n) is 3.86. The lowest BCUT2D eigenvalue weighted by Crippen LogP contribution is -2.16. The van der Waals surface area contributed by atoms with E-state index in [1.807, 2.05) is 39.8 Å². The van der Waals surface area contributed by atoms with Crippen molar-refractivity contribution in [1.29, 1.82) is 0 Å². The molecule has 0 saturated heterocycles. The molecule has 2 rings (SSSR count). The largest absolute Gasteiger partial charge is 0.361 e. The third-order valence-corrected chi connectivity index (χ3v) is 3.86. The predicted molar refractivity (Wildman–Crippen MR) is 97.8 cm³/mol. The van der Waals surface area contributed by atoms with Crippen molar-refractivity contribution in [3.05, 3.63) is 40.8 Å². The first-order valence-electron chi connectivity index (χ1n) is 8.48. The molecule has 0 bridgehead atoms. The van der Waals surface area contributed by atoms with E-state index in [1.165, 1.54) is 0 Å². The first kappa shape index (κ1) is 18.7. The number of hydrogen-bond acceptors (Lipinski definition) is 4. The average molecular weight is 343 g/mol. The maximum Gasteiger partial charge on any atom is 0.261 e. The molecule has 0 atom stereocenters. The van der Waals surface area contributed by atoms with Gasteiger partial charge in [-0.05, 0) is 43.9 Å². The Morgan fingerprint density at radius 2 is 1.92 bits per heavy atom. The molecule has 2 N–H and O–H groups in total. The number of carbonyl (C=O) groups is 2. The summed E-state index contributed by atoms with van der Waals surface area (Å²) >= 11 is 0. The van der Waals surface area contributed by atoms with Crippen LogP contribution in [0.25, 0.3) is 0 Å². The molecule has 2 amide bonds. The molecule has 6 heteroatoms. The van der Waals surface area contributed by atoms with E-state index in [0.717, 1.165) is 5.56 Å². The summed E-state index contributed by atoms with van der Waals surface area (Å²) in [6, 6.07) is 5.45. The Kier molecular flexibility index (Phi) is 5.96. The summed E-state index contributed by atoms with van der Waals surface area (Å²) in [7, 11) is 0. The van der Waals surface area contributed by atoms with Crippen molar-refractivity contribution in [3.63, 3.8) is 0 Å². The van der Waals surface area contributed by atoms with Crippen LogP contribution in [0.2, 0.25) is 0 Å². The molecule has 0 aliphatic heterocycles. The topological polar surface area (TPSA) is 84.2 Å². The van der Waals surface area contributed by atoms with Crippen molar-refractivity contribution < 1.29 is 14.1 Å². The van der Waals surface area contributed by atoms with Crippen LogP contribution in [0, 0.1) is 19.8 Å². The van der Waals surface area contributed by atoms with Crippen molar-refractivity contribution >= 4 is 23.2 Å². The second-order valence-corrected chi connectivity index (χ2v) is 6.54. The lowest BCUT2D eigenvalue weighted by atomic mass is 10.1. The molecule has 6 nitrogen and oxygen atoms in total. The van der Waals surface area contributed by atoms with E-state index in [9.17, 15) is 9.59 Å². The number of aromatic nitrogens is 1. The van der Waals surface area contributed by atoms with Gasteiger partial charge in [0.2, 0.25) is 5.91 Å². The summed E-state index contributed by atoms with van der Waals surface area (Å²) < 4.78 is 5.12. The first-order chi connectivity index (χ1) is 11.8. The van der Waals surface area contributed by atoms with Gasteiger partial charge in [0.05, 0.1) is 5.69 Å². The molecule has 0 saturated carbocycles. The van der Waals surface area contributed by atoms with Crippen molar-refractivity contribution in [2.24, 2.45) is 5.92 Å². The van der Waals surface area contributed by atoms with Gasteiger partial charge >= 0.3 is 0 Å². The first-order valence-corrected chi connectivity index (χ1v) is 8.48. The molecule has 0 fully saturated rings. The molecule has 134 valence electrons. The van der Waals surface area contributed by atoms with Gasteiger partial charge in [-0.2, -0.15) is 0 Å². The van der Waals surface area contributed by atoms with Crippen molar-refractivity contribution in [2.45, 2.75) is 47.5 Å². The van der Waals surface area contributed by atoms with Crippen molar-refractivity contribution in [1.82, 2.24) is 5.16 Å². The fourth-order valence-electron chi connectivity index (χ4n) is 2.55. The Hall–Kier alpha value is -2.63. The van der Waals surface area contributed by atoms with Crippen LogP contribution in [0.1, 0.15) is 54.6 Å². The van der Waals surface area contributed by atoms with E-state index in [1.54, 1.807) is 13.0 Å². The molecule has 25 heavy (non-hydrogen) atoms. The minimum absolute atomic E-state index is 0.0423. The molecule has 1 aromatic heterocycles. The van der Waals surface area contributed by atoms with Gasteiger partial charge < -0.3 is 15.2 Å². The summed E-state index contributed by atoms with van der Waals surface area (Å²) in [5.41, 5.74) is 3.31. The van der Waals surface area contributed by atoms with Gasteiger partial charge in [0.1, 0.15) is 11.3 Å². The number of rotatable bonds is 6. The Bertz CT molecular complexity index is 778. The molecule has 1 heterocycles. The second-order valence-electron chi connectivity index (χ2n) is 6.54. The Labute approximate surface area is 148 Å². The maximum absolute atomic E-state index is 12.6. The van der Waals surface area contributed by atoms with Crippen LogP contribution in [-0.2, 0) is 11.2 Å². The summed E-state index contributed by atoms with van der Waals surface area (Å²) in [6.07, 6.45) is 1.07. The number of carbonyl (C=O) groups excluding carboxylic acids is 2. The number of hydrogen-bond donors (Lipinski definition) is 2. The molecule has 1 aromatic carbocycles. The van der Waals surface area contributed by atoms with E-state index >= 15 is 0 Å². The normalized spacial score (nSPS) is 10.8. The molecule has 0 spiro atoms. The SMILES string of the molecule is CCc1noc(C)c1C(=O)Nc1cc(NC(=O)CC(C)C)ccc1C. The van der Waals surface area contributed by atoms with Gasteiger partial charge in [-0.1, -0.05) is 32.0 Å². The van der Waals surface area contributed by atoms with Crippen LogP contribution in [0.15, 0.2) is 22.7 Å². The highest BCUT2D eigenvalue weighted by Crippen LogP contribution is 2.23. The highest BCUT2D eigenvalue weighted by molar-refractivity contribution is 6.06. The summed E-state index contributed by atoms with van der Waals surface area (Å²) in [6.45, 7) is 9.52. The van der Waals surface area contributed by atoms with Crippen LogP contribution in [0.5, 0.6) is 0 Å². The highest BCUT2D eigenvalue weighted by Gasteiger charge is 2.20. The van der Waals surface area contributed by atoms with E-state index in [0.29, 0.717) is 41.2 Å². The monoisotopic (exact) mass is 343 g/mol. The van der Waals surface area contributed by atoms with Gasteiger partial charge in [-0.3, -0.25) is 9.59 Å². The number of amides is 2. The minimum Gasteiger partial charge on any atom is -0.361 e. The van der Waals surface area contributed by atoms with Crippen LogP contribution in [0.4, 0.5) is 11.4 Å². The fourth-order valence-corrected chi connectivity index (χ4v) is 2.55.